The highest BCUT2D eigenvalue weighted by atomic mass is 16.2. The fourth-order valence-electron chi connectivity index (χ4n) is 4.73. The van der Waals surface area contributed by atoms with E-state index in [2.05, 4.69) is 21.2 Å². The highest BCUT2D eigenvalue weighted by Gasteiger charge is 2.33. The minimum Gasteiger partial charge on any atom is -0.352 e. The lowest BCUT2D eigenvalue weighted by molar-refractivity contribution is -0.127. The van der Waals surface area contributed by atoms with Gasteiger partial charge in [0.25, 0.3) is 0 Å². The predicted molar refractivity (Wildman–Crippen MR) is 123 cm³/mol. The molecular formula is C26H28N4O3. The SMILES string of the molecule is [C-]#[N+]c1ccc2[nH]c(C(=O)CC(CC3CC3)C(=O)NC(C#N)CC3CCCCC3=O)cc2c1. The summed E-state index contributed by atoms with van der Waals surface area (Å²) in [5.74, 6) is -0.491. The summed E-state index contributed by atoms with van der Waals surface area (Å²) in [4.78, 5) is 44.8. The molecule has 2 aliphatic rings. The summed E-state index contributed by atoms with van der Waals surface area (Å²) in [6.07, 6.45) is 6.34. The molecule has 0 bridgehead atoms. The largest absolute Gasteiger partial charge is 0.352 e. The van der Waals surface area contributed by atoms with Gasteiger partial charge in [-0.3, -0.25) is 14.4 Å². The van der Waals surface area contributed by atoms with E-state index in [9.17, 15) is 19.6 Å². The van der Waals surface area contributed by atoms with Gasteiger partial charge in [0.1, 0.15) is 11.8 Å². The molecule has 1 aromatic heterocycles. The Balaban J connectivity index is 1.43. The first-order valence-electron chi connectivity index (χ1n) is 11.7. The van der Waals surface area contributed by atoms with Crippen molar-refractivity contribution in [3.8, 4) is 6.07 Å². The third-order valence-electron chi connectivity index (χ3n) is 6.82. The average Bonchev–Trinajstić information content (AvgIpc) is 3.53. The second kappa shape index (κ2) is 10.0. The number of carbonyl (C=O) groups excluding carboxylic acids is 3. The van der Waals surface area contributed by atoms with Gasteiger partial charge in [-0.05, 0) is 55.2 Å². The molecule has 4 rings (SSSR count). The number of hydrogen-bond acceptors (Lipinski definition) is 4. The van der Waals surface area contributed by atoms with Crippen LogP contribution in [-0.2, 0) is 9.59 Å². The van der Waals surface area contributed by atoms with Gasteiger partial charge in [-0.2, -0.15) is 5.26 Å². The first-order chi connectivity index (χ1) is 16.0. The lowest BCUT2D eigenvalue weighted by Gasteiger charge is -2.24. The summed E-state index contributed by atoms with van der Waals surface area (Å²) < 4.78 is 0. The number of fused-ring (bicyclic) bond motifs is 1. The van der Waals surface area contributed by atoms with Crippen LogP contribution in [0.1, 0.15) is 68.3 Å². The smallest absolute Gasteiger partial charge is 0.224 e. The van der Waals surface area contributed by atoms with Crippen LogP contribution in [0, 0.1) is 35.7 Å². The van der Waals surface area contributed by atoms with Crippen LogP contribution in [0.15, 0.2) is 24.3 Å². The molecular weight excluding hydrogens is 416 g/mol. The molecule has 0 radical (unpaired) electrons. The zero-order valence-electron chi connectivity index (χ0n) is 18.6. The number of rotatable bonds is 9. The maximum Gasteiger partial charge on any atom is 0.224 e. The molecule has 2 aromatic rings. The molecule has 0 spiro atoms. The molecule has 3 unspecified atom stereocenters. The Labute approximate surface area is 193 Å². The zero-order chi connectivity index (χ0) is 23.4. The molecule has 1 amide bonds. The van der Waals surface area contributed by atoms with Crippen LogP contribution >= 0.6 is 0 Å². The highest BCUT2D eigenvalue weighted by Crippen LogP contribution is 2.37. The van der Waals surface area contributed by atoms with Crippen LogP contribution < -0.4 is 5.32 Å². The molecule has 2 N–H and O–H groups in total. The van der Waals surface area contributed by atoms with Gasteiger partial charge in [-0.15, -0.1) is 0 Å². The van der Waals surface area contributed by atoms with Crippen molar-refractivity contribution in [1.29, 1.82) is 5.26 Å². The maximum atomic E-state index is 13.1. The molecule has 1 aromatic carbocycles. The highest BCUT2D eigenvalue weighted by molar-refractivity contribution is 6.01. The van der Waals surface area contributed by atoms with Crippen LogP contribution in [0.5, 0.6) is 0 Å². The summed E-state index contributed by atoms with van der Waals surface area (Å²) >= 11 is 0. The summed E-state index contributed by atoms with van der Waals surface area (Å²) in [7, 11) is 0. The maximum absolute atomic E-state index is 13.1. The van der Waals surface area contributed by atoms with Crippen molar-refractivity contribution in [2.75, 3.05) is 0 Å². The van der Waals surface area contributed by atoms with E-state index in [4.69, 9.17) is 6.57 Å². The number of hydrogen-bond donors (Lipinski definition) is 2. The average molecular weight is 445 g/mol. The lowest BCUT2D eigenvalue weighted by Crippen LogP contribution is -2.41. The van der Waals surface area contributed by atoms with Crippen LogP contribution in [0.3, 0.4) is 0 Å². The molecule has 33 heavy (non-hydrogen) atoms. The van der Waals surface area contributed by atoms with Crippen molar-refractivity contribution in [3.63, 3.8) is 0 Å². The second-order valence-corrected chi connectivity index (χ2v) is 9.40. The normalized spacial score (nSPS) is 19.9. The Bertz CT molecular complexity index is 1150. The molecule has 0 aliphatic heterocycles. The summed E-state index contributed by atoms with van der Waals surface area (Å²) in [5.41, 5.74) is 1.70. The number of H-pyrrole nitrogens is 1. The van der Waals surface area contributed by atoms with Gasteiger partial charge in [0.05, 0.1) is 18.3 Å². The number of Topliss-reactive ketones (excluding diaryl/α,β-unsaturated/α-hetero) is 2. The van der Waals surface area contributed by atoms with E-state index in [0.29, 0.717) is 36.6 Å². The van der Waals surface area contributed by atoms with E-state index in [1.165, 1.54) is 0 Å². The Kier molecular flexibility index (Phi) is 6.89. The fourth-order valence-corrected chi connectivity index (χ4v) is 4.73. The number of aromatic amines is 1. The van der Waals surface area contributed by atoms with Gasteiger partial charge >= 0.3 is 0 Å². The van der Waals surface area contributed by atoms with Crippen molar-refractivity contribution in [3.05, 3.63) is 41.4 Å². The van der Waals surface area contributed by atoms with Crippen molar-refractivity contribution in [1.82, 2.24) is 10.3 Å². The molecule has 7 heteroatoms. The molecule has 2 saturated carbocycles. The van der Waals surface area contributed by atoms with Gasteiger partial charge in [0.15, 0.2) is 11.5 Å². The van der Waals surface area contributed by atoms with Crippen molar-refractivity contribution in [2.24, 2.45) is 17.8 Å². The third kappa shape index (κ3) is 5.68. The van der Waals surface area contributed by atoms with Gasteiger partial charge in [0, 0.05) is 30.2 Å². The molecule has 0 saturated heterocycles. The van der Waals surface area contributed by atoms with Crippen molar-refractivity contribution in [2.45, 2.75) is 63.8 Å². The van der Waals surface area contributed by atoms with E-state index in [1.807, 2.05) is 0 Å². The summed E-state index contributed by atoms with van der Waals surface area (Å²) in [5, 5.41) is 13.2. The Morgan fingerprint density at radius 3 is 2.73 bits per heavy atom. The molecule has 3 atom stereocenters. The van der Waals surface area contributed by atoms with Gasteiger partial charge in [0.2, 0.25) is 5.91 Å². The number of amides is 1. The first kappa shape index (κ1) is 22.7. The number of nitrogens with zero attached hydrogens (tertiary/aromatic N) is 2. The number of benzene rings is 1. The molecule has 1 heterocycles. The number of nitriles is 1. The summed E-state index contributed by atoms with van der Waals surface area (Å²) in [6.45, 7) is 7.15. The fraction of sp³-hybridized carbons (Fsp3) is 0.500. The van der Waals surface area contributed by atoms with Gasteiger partial charge < -0.3 is 10.3 Å². The van der Waals surface area contributed by atoms with Crippen LogP contribution in [0.2, 0.25) is 0 Å². The quantitative estimate of drug-likeness (QED) is 0.425. The standard InChI is InChI=1S/C26H28N4O3/c1-28-20-8-9-22-18(12-20)13-23(30-22)25(32)14-19(10-16-6-7-16)26(33)29-21(15-27)11-17-4-2-3-5-24(17)31/h8-9,12-13,16-17,19,21,30H,2-7,10-11,14H2,(H,29,33). The van der Waals surface area contributed by atoms with Crippen LogP contribution in [0.4, 0.5) is 5.69 Å². The second-order valence-electron chi connectivity index (χ2n) is 9.40. The number of carbonyl (C=O) groups is 3. The van der Waals surface area contributed by atoms with E-state index in [1.54, 1.807) is 24.3 Å². The van der Waals surface area contributed by atoms with E-state index >= 15 is 0 Å². The Hall–Kier alpha value is -3.45. The number of aromatic nitrogens is 1. The lowest BCUT2D eigenvalue weighted by atomic mass is 9.83. The van der Waals surface area contributed by atoms with Gasteiger partial charge in [-0.25, -0.2) is 4.85 Å². The summed E-state index contributed by atoms with van der Waals surface area (Å²) in [6, 6.07) is 8.35. The monoisotopic (exact) mass is 444 g/mol. The van der Waals surface area contributed by atoms with Crippen LogP contribution in [-0.4, -0.2) is 28.5 Å². The van der Waals surface area contributed by atoms with Gasteiger partial charge in [-0.1, -0.05) is 25.3 Å². The van der Waals surface area contributed by atoms with E-state index in [0.717, 1.165) is 43.0 Å². The van der Waals surface area contributed by atoms with E-state index in [-0.39, 0.29) is 29.8 Å². The number of nitrogens with one attached hydrogen (secondary N) is 2. The minimum atomic E-state index is -0.721. The van der Waals surface area contributed by atoms with Crippen molar-refractivity contribution < 1.29 is 14.4 Å². The molecule has 7 nitrogen and oxygen atoms in total. The Morgan fingerprint density at radius 1 is 1.21 bits per heavy atom. The zero-order valence-corrected chi connectivity index (χ0v) is 18.6. The van der Waals surface area contributed by atoms with Crippen LogP contribution in [0.25, 0.3) is 15.7 Å². The Morgan fingerprint density at radius 2 is 2.03 bits per heavy atom. The predicted octanol–water partition coefficient (Wildman–Crippen LogP) is 4.87. The topological polar surface area (TPSA) is 107 Å². The minimum absolute atomic E-state index is 0.0609. The third-order valence-corrected chi connectivity index (χ3v) is 6.82. The number of ketones is 2. The molecule has 2 aliphatic carbocycles. The first-order valence-corrected chi connectivity index (χ1v) is 11.7. The molecule has 2 fully saturated rings. The van der Waals surface area contributed by atoms with Crippen molar-refractivity contribution >= 4 is 34.1 Å². The van der Waals surface area contributed by atoms with E-state index < -0.39 is 12.0 Å². The molecule has 170 valence electrons.